The van der Waals surface area contributed by atoms with Crippen molar-refractivity contribution in [1.29, 1.82) is 0 Å². The Kier molecular flexibility index (Phi) is 5.70. The summed E-state index contributed by atoms with van der Waals surface area (Å²) in [7, 11) is 3.10. The van der Waals surface area contributed by atoms with Crippen molar-refractivity contribution in [2.75, 3.05) is 19.5 Å². The summed E-state index contributed by atoms with van der Waals surface area (Å²) in [5.74, 6) is 2.00. The van der Waals surface area contributed by atoms with Gasteiger partial charge in [-0.2, -0.15) is 0 Å². The maximum Gasteiger partial charge on any atom is 0.277 e. The molecule has 1 amide bonds. The number of carbonyl (C=O) groups is 1. The van der Waals surface area contributed by atoms with E-state index in [1.807, 2.05) is 6.92 Å². The van der Waals surface area contributed by atoms with Gasteiger partial charge in [0.2, 0.25) is 5.91 Å². The molecular weight excluding hydrogens is 370 g/mol. The topological polar surface area (TPSA) is 99.6 Å². The Morgan fingerprint density at radius 1 is 1.19 bits per heavy atom. The Morgan fingerprint density at radius 2 is 1.89 bits per heavy atom. The van der Waals surface area contributed by atoms with Crippen molar-refractivity contribution in [3.63, 3.8) is 0 Å². The zero-order chi connectivity index (χ0) is 19.4. The molecule has 8 nitrogen and oxygen atoms in total. The van der Waals surface area contributed by atoms with Gasteiger partial charge < -0.3 is 23.6 Å². The third kappa shape index (κ3) is 4.43. The van der Waals surface area contributed by atoms with Crippen LogP contribution >= 0.6 is 11.8 Å². The second-order valence-corrected chi connectivity index (χ2v) is 6.91. The Hall–Kier alpha value is -2.94. The van der Waals surface area contributed by atoms with Gasteiger partial charge in [-0.25, -0.2) is 0 Å². The molecule has 0 aliphatic carbocycles. The van der Waals surface area contributed by atoms with Gasteiger partial charge in [0.05, 0.1) is 31.3 Å². The third-order valence-electron chi connectivity index (χ3n) is 3.76. The molecule has 1 aromatic carbocycles. The number of methoxy groups -OCH3 is 2. The Bertz CT molecular complexity index is 914. The first kappa shape index (κ1) is 18.8. The van der Waals surface area contributed by atoms with Gasteiger partial charge in [0.1, 0.15) is 17.3 Å². The van der Waals surface area contributed by atoms with E-state index in [9.17, 15) is 4.79 Å². The molecule has 3 aromatic rings. The van der Waals surface area contributed by atoms with Crippen molar-refractivity contribution in [1.82, 2.24) is 10.2 Å². The molecule has 0 aliphatic rings. The average molecular weight is 389 g/mol. The van der Waals surface area contributed by atoms with Crippen molar-refractivity contribution in [3.05, 3.63) is 36.3 Å². The summed E-state index contributed by atoms with van der Waals surface area (Å²) in [5, 5.41) is 10.7. The van der Waals surface area contributed by atoms with Gasteiger partial charge in [-0.15, -0.1) is 10.2 Å². The van der Waals surface area contributed by atoms with Crippen molar-refractivity contribution < 1.29 is 23.1 Å². The molecule has 142 valence electrons. The number of hydrogen-bond acceptors (Lipinski definition) is 8. The number of benzene rings is 1. The van der Waals surface area contributed by atoms with Gasteiger partial charge >= 0.3 is 0 Å². The number of anilines is 1. The van der Waals surface area contributed by atoms with Gasteiger partial charge in [-0.05, 0) is 19.9 Å². The normalized spacial score (nSPS) is 11.9. The minimum atomic E-state index is -0.457. The number of thioether (sulfide) groups is 1. The van der Waals surface area contributed by atoms with Crippen molar-refractivity contribution in [3.8, 4) is 23.0 Å². The van der Waals surface area contributed by atoms with E-state index in [4.69, 9.17) is 18.3 Å². The number of aromatic nitrogens is 2. The average Bonchev–Trinajstić information content (AvgIpc) is 3.29. The molecule has 0 saturated heterocycles. The summed E-state index contributed by atoms with van der Waals surface area (Å²) in [6, 6.07) is 6.91. The van der Waals surface area contributed by atoms with E-state index >= 15 is 0 Å². The zero-order valence-electron chi connectivity index (χ0n) is 15.3. The van der Waals surface area contributed by atoms with Crippen LogP contribution in [0.2, 0.25) is 0 Å². The number of aryl methyl sites for hydroxylation is 1. The summed E-state index contributed by atoms with van der Waals surface area (Å²) in [4.78, 5) is 12.5. The van der Waals surface area contributed by atoms with Crippen LogP contribution in [0, 0.1) is 6.92 Å². The van der Waals surface area contributed by atoms with E-state index in [2.05, 4.69) is 15.5 Å². The molecule has 27 heavy (non-hydrogen) atoms. The SMILES string of the molecule is COc1cc(NC(=O)C(C)Sc2nnc(-c3ccoc3C)o2)cc(OC)c1. The molecule has 2 heterocycles. The van der Waals surface area contributed by atoms with E-state index < -0.39 is 5.25 Å². The summed E-state index contributed by atoms with van der Waals surface area (Å²) in [6.07, 6.45) is 1.56. The molecule has 9 heteroatoms. The zero-order valence-corrected chi connectivity index (χ0v) is 16.1. The highest BCUT2D eigenvalue weighted by Crippen LogP contribution is 2.30. The molecular formula is C18H19N3O5S. The molecule has 0 fully saturated rings. The largest absolute Gasteiger partial charge is 0.497 e. The molecule has 0 bridgehead atoms. The van der Waals surface area contributed by atoms with Crippen LogP contribution in [0.15, 0.2) is 44.6 Å². The summed E-state index contributed by atoms with van der Waals surface area (Å²) >= 11 is 1.17. The molecule has 1 N–H and O–H groups in total. The minimum absolute atomic E-state index is 0.213. The minimum Gasteiger partial charge on any atom is -0.497 e. The molecule has 0 aliphatic heterocycles. The Balaban J connectivity index is 1.66. The van der Waals surface area contributed by atoms with Gasteiger partial charge in [0.15, 0.2) is 0 Å². The fourth-order valence-electron chi connectivity index (χ4n) is 2.30. The highest BCUT2D eigenvalue weighted by molar-refractivity contribution is 8.00. The van der Waals surface area contributed by atoms with Gasteiger partial charge in [-0.1, -0.05) is 11.8 Å². The van der Waals surface area contributed by atoms with Crippen molar-refractivity contribution >= 4 is 23.4 Å². The summed E-state index contributed by atoms with van der Waals surface area (Å²) in [5.41, 5.74) is 1.30. The number of nitrogens with zero attached hydrogens (tertiary/aromatic N) is 2. The molecule has 3 rings (SSSR count). The molecule has 1 atom stereocenters. The van der Waals surface area contributed by atoms with Crippen LogP contribution < -0.4 is 14.8 Å². The van der Waals surface area contributed by atoms with E-state index in [1.165, 1.54) is 11.8 Å². The lowest BCUT2D eigenvalue weighted by Crippen LogP contribution is -2.22. The highest BCUT2D eigenvalue weighted by Gasteiger charge is 2.20. The van der Waals surface area contributed by atoms with E-state index in [0.29, 0.717) is 34.1 Å². The third-order valence-corrected chi connectivity index (χ3v) is 4.70. The Morgan fingerprint density at radius 3 is 2.48 bits per heavy atom. The predicted octanol–water partition coefficient (Wildman–Crippen LogP) is 3.77. The van der Waals surface area contributed by atoms with Crippen LogP contribution in [0.4, 0.5) is 5.69 Å². The van der Waals surface area contributed by atoms with E-state index in [-0.39, 0.29) is 5.91 Å². The lowest BCUT2D eigenvalue weighted by atomic mass is 10.2. The number of furan rings is 1. The number of rotatable bonds is 7. The second-order valence-electron chi connectivity index (χ2n) is 5.61. The van der Waals surface area contributed by atoms with Crippen LogP contribution in [0.5, 0.6) is 11.5 Å². The monoisotopic (exact) mass is 389 g/mol. The van der Waals surface area contributed by atoms with Crippen molar-refractivity contribution in [2.24, 2.45) is 0 Å². The van der Waals surface area contributed by atoms with Crippen LogP contribution in [0.25, 0.3) is 11.5 Å². The fraction of sp³-hybridized carbons (Fsp3) is 0.278. The summed E-state index contributed by atoms with van der Waals surface area (Å²) in [6.45, 7) is 3.56. The van der Waals surface area contributed by atoms with Crippen LogP contribution in [0.3, 0.4) is 0 Å². The smallest absolute Gasteiger partial charge is 0.277 e. The lowest BCUT2D eigenvalue weighted by Gasteiger charge is -2.12. The lowest BCUT2D eigenvalue weighted by molar-refractivity contribution is -0.115. The molecule has 2 aromatic heterocycles. The number of nitrogens with one attached hydrogen (secondary N) is 1. The number of carbonyl (C=O) groups excluding carboxylic acids is 1. The number of hydrogen-bond donors (Lipinski definition) is 1. The Labute approximate surface area is 160 Å². The van der Waals surface area contributed by atoms with Crippen molar-refractivity contribution in [2.45, 2.75) is 24.3 Å². The fourth-order valence-corrected chi connectivity index (χ4v) is 2.98. The highest BCUT2D eigenvalue weighted by atomic mass is 32.2. The molecule has 0 radical (unpaired) electrons. The second kappa shape index (κ2) is 8.17. The maximum absolute atomic E-state index is 12.5. The molecule has 0 saturated carbocycles. The van der Waals surface area contributed by atoms with Crippen LogP contribution in [-0.4, -0.2) is 35.6 Å². The standard InChI is InChI=1S/C18H19N3O5S/c1-10-15(5-6-25-10)17-20-21-18(26-17)27-11(2)16(22)19-12-7-13(23-3)9-14(8-12)24-4/h5-9,11H,1-4H3,(H,19,22). The first-order chi connectivity index (χ1) is 13.0. The van der Waals surface area contributed by atoms with Gasteiger partial charge in [-0.3, -0.25) is 4.79 Å². The quantitative estimate of drug-likeness (QED) is 0.610. The predicted molar refractivity (Wildman–Crippen MR) is 100 cm³/mol. The van der Waals surface area contributed by atoms with Gasteiger partial charge in [0, 0.05) is 23.9 Å². The van der Waals surface area contributed by atoms with E-state index in [1.54, 1.807) is 51.7 Å². The van der Waals surface area contributed by atoms with Crippen LogP contribution in [-0.2, 0) is 4.79 Å². The first-order valence-corrected chi connectivity index (χ1v) is 8.96. The first-order valence-electron chi connectivity index (χ1n) is 8.08. The van der Waals surface area contributed by atoms with Crippen LogP contribution in [0.1, 0.15) is 12.7 Å². The summed E-state index contributed by atoms with van der Waals surface area (Å²) < 4.78 is 21.3. The van der Waals surface area contributed by atoms with E-state index in [0.717, 1.165) is 5.56 Å². The number of ether oxygens (including phenoxy) is 2. The maximum atomic E-state index is 12.5. The van der Waals surface area contributed by atoms with Gasteiger partial charge in [0.25, 0.3) is 11.1 Å². The molecule has 0 spiro atoms. The number of amides is 1. The molecule has 1 unspecified atom stereocenters.